The highest BCUT2D eigenvalue weighted by Crippen LogP contribution is 2.26. The SMILES string of the molecule is CN=C(NCc1nnc2n1CCCC2)NC1CCN(C(=O)C2CCCCC2)C1.I. The summed E-state index contributed by atoms with van der Waals surface area (Å²) in [5.41, 5.74) is 0. The maximum atomic E-state index is 12.8. The Morgan fingerprint density at radius 3 is 2.72 bits per heavy atom. The number of aromatic nitrogens is 3. The number of carbonyl (C=O) groups is 1. The van der Waals surface area contributed by atoms with Crippen LogP contribution in [0.1, 0.15) is 63.0 Å². The zero-order valence-corrected chi connectivity index (χ0v) is 19.7. The van der Waals surface area contributed by atoms with Gasteiger partial charge in [-0.15, -0.1) is 34.2 Å². The lowest BCUT2D eigenvalue weighted by molar-refractivity contribution is -0.135. The van der Waals surface area contributed by atoms with Crippen LogP contribution in [-0.2, 0) is 24.3 Å². The number of aliphatic imine (C=N–C) groups is 1. The minimum atomic E-state index is 0. The average molecular weight is 515 g/mol. The molecule has 1 aromatic rings. The van der Waals surface area contributed by atoms with Crippen molar-refractivity contribution < 1.29 is 4.79 Å². The molecule has 8 nitrogen and oxygen atoms in total. The van der Waals surface area contributed by atoms with E-state index in [0.717, 1.165) is 62.9 Å². The van der Waals surface area contributed by atoms with Crippen molar-refractivity contribution in [2.75, 3.05) is 20.1 Å². The number of hydrogen-bond donors (Lipinski definition) is 2. The first-order valence-electron chi connectivity index (χ1n) is 10.9. The van der Waals surface area contributed by atoms with Gasteiger partial charge in [0.2, 0.25) is 5.91 Å². The molecule has 0 spiro atoms. The third-order valence-electron chi connectivity index (χ3n) is 6.37. The maximum absolute atomic E-state index is 12.8. The second-order valence-electron chi connectivity index (χ2n) is 8.32. The van der Waals surface area contributed by atoms with Gasteiger partial charge in [0.25, 0.3) is 0 Å². The lowest BCUT2D eigenvalue weighted by Crippen LogP contribution is -2.45. The van der Waals surface area contributed by atoms with E-state index in [9.17, 15) is 4.79 Å². The van der Waals surface area contributed by atoms with Gasteiger partial charge in [-0.25, -0.2) is 0 Å². The number of halogens is 1. The molecule has 1 aromatic heterocycles. The zero-order valence-electron chi connectivity index (χ0n) is 17.4. The number of guanidine groups is 1. The van der Waals surface area contributed by atoms with Gasteiger partial charge < -0.3 is 20.1 Å². The van der Waals surface area contributed by atoms with E-state index >= 15 is 0 Å². The molecule has 1 unspecified atom stereocenters. The number of hydrogen-bond acceptors (Lipinski definition) is 4. The highest BCUT2D eigenvalue weighted by Gasteiger charge is 2.31. The van der Waals surface area contributed by atoms with E-state index in [0.29, 0.717) is 12.5 Å². The van der Waals surface area contributed by atoms with Crippen LogP contribution < -0.4 is 10.6 Å². The molecule has 2 N–H and O–H groups in total. The van der Waals surface area contributed by atoms with E-state index < -0.39 is 0 Å². The number of amides is 1. The Morgan fingerprint density at radius 1 is 1.10 bits per heavy atom. The Hall–Kier alpha value is -1.39. The van der Waals surface area contributed by atoms with Crippen LogP contribution in [0.3, 0.4) is 0 Å². The summed E-state index contributed by atoms with van der Waals surface area (Å²) < 4.78 is 2.23. The average Bonchev–Trinajstić information content (AvgIpc) is 3.38. The van der Waals surface area contributed by atoms with Crippen LogP contribution in [0.15, 0.2) is 4.99 Å². The predicted molar refractivity (Wildman–Crippen MR) is 123 cm³/mol. The Bertz CT molecular complexity index is 714. The second-order valence-corrected chi connectivity index (χ2v) is 8.32. The van der Waals surface area contributed by atoms with Crippen molar-refractivity contribution >= 4 is 35.8 Å². The topological polar surface area (TPSA) is 87.4 Å². The summed E-state index contributed by atoms with van der Waals surface area (Å²) in [7, 11) is 1.79. The molecular weight excluding hydrogens is 481 g/mol. The van der Waals surface area contributed by atoms with E-state index in [-0.39, 0.29) is 35.9 Å². The number of nitrogens with one attached hydrogen (secondary N) is 2. The number of aryl methyl sites for hydroxylation is 1. The molecule has 29 heavy (non-hydrogen) atoms. The Kier molecular flexibility index (Phi) is 8.14. The van der Waals surface area contributed by atoms with Crippen LogP contribution in [-0.4, -0.2) is 57.7 Å². The van der Waals surface area contributed by atoms with Gasteiger partial charge >= 0.3 is 0 Å². The van der Waals surface area contributed by atoms with E-state index in [4.69, 9.17) is 0 Å². The molecule has 4 rings (SSSR count). The van der Waals surface area contributed by atoms with Gasteiger partial charge in [-0.1, -0.05) is 19.3 Å². The van der Waals surface area contributed by atoms with Gasteiger partial charge in [0.05, 0.1) is 6.54 Å². The summed E-state index contributed by atoms with van der Waals surface area (Å²) in [6.07, 6.45) is 10.2. The minimum absolute atomic E-state index is 0. The van der Waals surface area contributed by atoms with Gasteiger partial charge in [0.1, 0.15) is 5.82 Å². The summed E-state index contributed by atoms with van der Waals surface area (Å²) in [6.45, 7) is 3.24. The normalized spacial score (nSPS) is 22.7. The third kappa shape index (κ3) is 5.40. The molecule has 1 amide bonds. The van der Waals surface area contributed by atoms with Gasteiger partial charge in [0, 0.05) is 45.1 Å². The highest BCUT2D eigenvalue weighted by molar-refractivity contribution is 14.0. The molecule has 3 aliphatic rings. The quantitative estimate of drug-likeness (QED) is 0.365. The standard InChI is InChI=1S/C20H33N7O.HI/c1-21-20(22-13-18-25-24-17-9-5-6-11-27(17)18)23-16-10-12-26(14-16)19(28)15-7-3-2-4-8-15;/h15-16H,2-14H2,1H3,(H2,21,22,23);1H. The Morgan fingerprint density at radius 2 is 1.93 bits per heavy atom. The fraction of sp³-hybridized carbons (Fsp3) is 0.800. The Labute approximate surface area is 190 Å². The first-order chi connectivity index (χ1) is 13.7. The summed E-state index contributed by atoms with van der Waals surface area (Å²) in [5, 5.41) is 15.5. The molecule has 1 atom stereocenters. The Balaban J connectivity index is 0.00000240. The monoisotopic (exact) mass is 515 g/mol. The first-order valence-corrected chi connectivity index (χ1v) is 10.9. The molecule has 3 heterocycles. The molecule has 9 heteroatoms. The van der Waals surface area contributed by atoms with Gasteiger partial charge in [-0.2, -0.15) is 0 Å². The smallest absolute Gasteiger partial charge is 0.225 e. The predicted octanol–water partition coefficient (Wildman–Crippen LogP) is 2.08. The first kappa shape index (κ1) is 22.3. The maximum Gasteiger partial charge on any atom is 0.225 e. The molecule has 1 saturated carbocycles. The number of likely N-dealkylation sites (tertiary alicyclic amines) is 1. The molecule has 0 bridgehead atoms. The lowest BCUT2D eigenvalue weighted by Gasteiger charge is -2.26. The van der Waals surface area contributed by atoms with Crippen LogP contribution in [0.4, 0.5) is 0 Å². The molecule has 2 fully saturated rings. The van der Waals surface area contributed by atoms with Crippen molar-refractivity contribution in [1.82, 2.24) is 30.3 Å². The van der Waals surface area contributed by atoms with Crippen LogP contribution in [0.25, 0.3) is 0 Å². The fourth-order valence-electron chi connectivity index (χ4n) is 4.74. The van der Waals surface area contributed by atoms with Crippen molar-refractivity contribution in [3.05, 3.63) is 11.6 Å². The summed E-state index contributed by atoms with van der Waals surface area (Å²) >= 11 is 0. The van der Waals surface area contributed by atoms with E-state index in [2.05, 4.69) is 35.3 Å². The third-order valence-corrected chi connectivity index (χ3v) is 6.37. The van der Waals surface area contributed by atoms with Crippen LogP contribution in [0.2, 0.25) is 0 Å². The number of carbonyl (C=O) groups excluding carboxylic acids is 1. The molecule has 162 valence electrons. The van der Waals surface area contributed by atoms with Gasteiger partial charge in [0.15, 0.2) is 11.8 Å². The van der Waals surface area contributed by atoms with Crippen molar-refractivity contribution in [3.63, 3.8) is 0 Å². The fourth-order valence-corrected chi connectivity index (χ4v) is 4.74. The number of nitrogens with zero attached hydrogens (tertiary/aromatic N) is 5. The van der Waals surface area contributed by atoms with Gasteiger partial charge in [-0.05, 0) is 32.1 Å². The largest absolute Gasteiger partial charge is 0.352 e. The number of rotatable bonds is 4. The van der Waals surface area contributed by atoms with Crippen molar-refractivity contribution in [2.24, 2.45) is 10.9 Å². The van der Waals surface area contributed by atoms with E-state index in [1.165, 1.54) is 32.1 Å². The molecule has 1 aliphatic carbocycles. The summed E-state index contributed by atoms with van der Waals surface area (Å²) in [6, 6.07) is 0.256. The molecule has 1 saturated heterocycles. The van der Waals surface area contributed by atoms with Crippen LogP contribution in [0, 0.1) is 5.92 Å². The van der Waals surface area contributed by atoms with Crippen LogP contribution >= 0.6 is 24.0 Å². The molecular formula is C20H34IN7O. The van der Waals surface area contributed by atoms with E-state index in [1.54, 1.807) is 7.05 Å². The van der Waals surface area contributed by atoms with Gasteiger partial charge in [-0.3, -0.25) is 9.79 Å². The molecule has 0 aromatic carbocycles. The highest BCUT2D eigenvalue weighted by atomic mass is 127. The van der Waals surface area contributed by atoms with Crippen molar-refractivity contribution in [1.29, 1.82) is 0 Å². The molecule has 2 aliphatic heterocycles. The lowest BCUT2D eigenvalue weighted by atomic mass is 9.88. The van der Waals surface area contributed by atoms with Crippen LogP contribution in [0.5, 0.6) is 0 Å². The molecule has 0 radical (unpaired) electrons. The second kappa shape index (κ2) is 10.6. The minimum Gasteiger partial charge on any atom is -0.352 e. The van der Waals surface area contributed by atoms with E-state index in [1.807, 2.05) is 0 Å². The van der Waals surface area contributed by atoms with Crippen molar-refractivity contribution in [3.8, 4) is 0 Å². The summed E-state index contributed by atoms with van der Waals surface area (Å²) in [4.78, 5) is 19.2. The van der Waals surface area contributed by atoms with Crippen molar-refractivity contribution in [2.45, 2.75) is 76.9 Å². The zero-order chi connectivity index (χ0) is 19.3. The summed E-state index contributed by atoms with van der Waals surface area (Å²) in [5.74, 6) is 3.45. The number of fused-ring (bicyclic) bond motifs is 1.